The molecule has 1 aliphatic heterocycles. The van der Waals surface area contributed by atoms with Crippen LogP contribution in [0.2, 0.25) is 0 Å². The van der Waals surface area contributed by atoms with Crippen LogP contribution in [0.1, 0.15) is 107 Å². The Kier molecular flexibility index (Phi) is 6.19. The third-order valence-corrected chi connectivity index (χ3v) is 10.0. The second-order valence-electron chi connectivity index (χ2n) is 14.3. The fourth-order valence-corrected chi connectivity index (χ4v) is 7.68. The van der Waals surface area contributed by atoms with E-state index in [1.807, 2.05) is 0 Å². The van der Waals surface area contributed by atoms with Gasteiger partial charge in [0, 0.05) is 55.3 Å². The summed E-state index contributed by atoms with van der Waals surface area (Å²) in [4.78, 5) is 16.7. The van der Waals surface area contributed by atoms with E-state index >= 15 is 0 Å². The van der Waals surface area contributed by atoms with Gasteiger partial charge in [-0.1, -0.05) is 104 Å². The van der Waals surface area contributed by atoms with E-state index in [9.17, 15) is 0 Å². The molecule has 3 aromatic heterocycles. The van der Waals surface area contributed by atoms with Crippen LogP contribution in [0.4, 0.5) is 5.69 Å². The number of aromatic amines is 3. The van der Waals surface area contributed by atoms with E-state index < -0.39 is 0 Å². The minimum Gasteiger partial charge on any atom is -0.359 e. The summed E-state index contributed by atoms with van der Waals surface area (Å²) in [7, 11) is 0. The van der Waals surface area contributed by atoms with Gasteiger partial charge >= 0.3 is 0 Å². The molecule has 1 aliphatic rings. The van der Waals surface area contributed by atoms with Crippen molar-refractivity contribution in [3.8, 4) is 11.1 Å². The average Bonchev–Trinajstić information content (AvgIpc) is 3.76. The van der Waals surface area contributed by atoms with Crippen LogP contribution in [0.25, 0.3) is 60.8 Å². The first-order valence-corrected chi connectivity index (χ1v) is 16.6. The van der Waals surface area contributed by atoms with Gasteiger partial charge in [-0.25, -0.2) is 4.99 Å². The van der Waals surface area contributed by atoms with E-state index in [0.717, 1.165) is 16.6 Å². The SMILES string of the molecule is CC(C)c1ccc2c(c1)[nH]c1c2ccc2c(C(C)C)c(/C=c3/c(C(C)C)ccc4c3=Nc3c-4ccc4c(C(C)C)c[nH]c34)[nH]c21. The molecule has 3 N–H and O–H groups in total. The van der Waals surface area contributed by atoms with Crippen molar-refractivity contribution in [1.82, 2.24) is 15.0 Å². The number of H-pyrrole nitrogens is 3. The second-order valence-corrected chi connectivity index (χ2v) is 14.3. The van der Waals surface area contributed by atoms with Crippen LogP contribution in [0, 0.1) is 0 Å². The van der Waals surface area contributed by atoms with Gasteiger partial charge in [-0.15, -0.1) is 0 Å². The third kappa shape index (κ3) is 4.08. The minimum atomic E-state index is 0.348. The Balaban J connectivity index is 1.41. The van der Waals surface area contributed by atoms with Gasteiger partial charge in [0.05, 0.1) is 27.6 Å². The Labute approximate surface area is 264 Å². The lowest BCUT2D eigenvalue weighted by Crippen LogP contribution is -2.30. The standard InChI is InChI=1S/C41H42N4/c1-20(2)24-9-10-26-27-15-16-31-36(23(7)8)35(44-41(31)40(27)43-34(26)17-24)18-32-25(21(3)4)11-12-28-29-13-14-30-33(22(5)6)19-42-38(30)39(29)45-37(28)32/h9-23,42-44H,1-8H3/b32-18-. The summed E-state index contributed by atoms with van der Waals surface area (Å²) in [6, 6.07) is 20.6. The van der Waals surface area contributed by atoms with Crippen molar-refractivity contribution in [2.75, 3.05) is 0 Å². The molecule has 7 aromatic rings. The van der Waals surface area contributed by atoms with Gasteiger partial charge in [-0.05, 0) is 58.1 Å². The van der Waals surface area contributed by atoms with Crippen LogP contribution >= 0.6 is 0 Å². The Morgan fingerprint density at radius 2 is 1.29 bits per heavy atom. The summed E-state index contributed by atoms with van der Waals surface area (Å²) in [5.74, 6) is 1.65. The topological polar surface area (TPSA) is 59.7 Å². The number of hydrogen-bond donors (Lipinski definition) is 3. The van der Waals surface area contributed by atoms with Crippen molar-refractivity contribution in [2.45, 2.75) is 79.1 Å². The van der Waals surface area contributed by atoms with Gasteiger partial charge in [0.2, 0.25) is 0 Å². The molecular weight excluding hydrogens is 548 g/mol. The molecule has 0 fully saturated rings. The average molecular weight is 591 g/mol. The van der Waals surface area contributed by atoms with Crippen molar-refractivity contribution < 1.29 is 0 Å². The van der Waals surface area contributed by atoms with E-state index in [1.165, 1.54) is 82.4 Å². The molecule has 0 saturated carbocycles. The fraction of sp³-hybridized carbons (Fsp3) is 0.293. The molecule has 45 heavy (non-hydrogen) atoms. The zero-order valence-corrected chi connectivity index (χ0v) is 27.6. The number of hydrogen-bond acceptors (Lipinski definition) is 1. The first-order valence-electron chi connectivity index (χ1n) is 16.6. The number of benzene rings is 4. The molecule has 4 aromatic carbocycles. The van der Waals surface area contributed by atoms with Crippen molar-refractivity contribution in [3.63, 3.8) is 0 Å². The number of fused-ring (bicyclic) bond motifs is 10. The van der Waals surface area contributed by atoms with Crippen LogP contribution < -0.4 is 10.6 Å². The predicted molar refractivity (Wildman–Crippen MR) is 192 cm³/mol. The lowest BCUT2D eigenvalue weighted by Gasteiger charge is -2.10. The van der Waals surface area contributed by atoms with Crippen molar-refractivity contribution in [1.29, 1.82) is 0 Å². The molecule has 8 rings (SSSR count). The maximum atomic E-state index is 5.40. The summed E-state index contributed by atoms with van der Waals surface area (Å²) in [6.07, 6.45) is 4.55. The predicted octanol–water partition coefficient (Wildman–Crippen LogP) is 10.5. The second kappa shape index (κ2) is 9.97. The van der Waals surface area contributed by atoms with Gasteiger partial charge in [0.15, 0.2) is 0 Å². The van der Waals surface area contributed by atoms with E-state index in [4.69, 9.17) is 4.99 Å². The molecule has 4 heteroatoms. The Morgan fingerprint density at radius 3 is 2.02 bits per heavy atom. The minimum absolute atomic E-state index is 0.348. The molecule has 0 bridgehead atoms. The van der Waals surface area contributed by atoms with Crippen LogP contribution in [0.3, 0.4) is 0 Å². The lowest BCUT2D eigenvalue weighted by atomic mass is 9.93. The largest absolute Gasteiger partial charge is 0.359 e. The first-order chi connectivity index (χ1) is 21.6. The van der Waals surface area contributed by atoms with Crippen molar-refractivity contribution in [2.24, 2.45) is 4.99 Å². The molecule has 0 saturated heterocycles. The molecule has 0 atom stereocenters. The summed E-state index contributed by atoms with van der Waals surface area (Å²) in [5, 5.41) is 7.39. The van der Waals surface area contributed by atoms with Crippen LogP contribution in [0.15, 0.2) is 65.8 Å². The van der Waals surface area contributed by atoms with Gasteiger partial charge < -0.3 is 15.0 Å². The molecule has 0 spiro atoms. The highest BCUT2D eigenvalue weighted by molar-refractivity contribution is 6.17. The fourth-order valence-electron chi connectivity index (χ4n) is 7.68. The van der Waals surface area contributed by atoms with Crippen molar-refractivity contribution >= 4 is 55.4 Å². The molecular formula is C41H42N4. The smallest absolute Gasteiger partial charge is 0.0957 e. The summed E-state index contributed by atoms with van der Waals surface area (Å²) in [6.45, 7) is 18.2. The van der Waals surface area contributed by atoms with Crippen LogP contribution in [-0.4, -0.2) is 15.0 Å². The van der Waals surface area contributed by atoms with Gasteiger partial charge in [0.1, 0.15) is 0 Å². The highest BCUT2D eigenvalue weighted by Gasteiger charge is 2.23. The maximum absolute atomic E-state index is 5.40. The molecule has 226 valence electrons. The zero-order chi connectivity index (χ0) is 31.3. The van der Waals surface area contributed by atoms with E-state index in [0.29, 0.717) is 23.7 Å². The number of aromatic nitrogens is 3. The summed E-state index contributed by atoms with van der Waals surface area (Å²) in [5.41, 5.74) is 14.7. The Bertz CT molecular complexity index is 2440. The van der Waals surface area contributed by atoms with Crippen molar-refractivity contribution in [3.05, 3.63) is 99.3 Å². The van der Waals surface area contributed by atoms with E-state index in [1.54, 1.807) is 0 Å². The van der Waals surface area contributed by atoms with Crippen LogP contribution in [0.5, 0.6) is 0 Å². The molecule has 0 amide bonds. The zero-order valence-electron chi connectivity index (χ0n) is 27.6. The highest BCUT2D eigenvalue weighted by Crippen LogP contribution is 2.41. The summed E-state index contributed by atoms with van der Waals surface area (Å²) >= 11 is 0. The first kappa shape index (κ1) is 27.9. The van der Waals surface area contributed by atoms with E-state index in [-0.39, 0.29) is 0 Å². The molecule has 0 unspecified atom stereocenters. The Hall–Kier alpha value is -4.57. The normalized spacial score (nSPS) is 13.6. The Morgan fingerprint density at radius 1 is 0.600 bits per heavy atom. The number of nitrogens with one attached hydrogen (secondary N) is 3. The monoisotopic (exact) mass is 590 g/mol. The quantitative estimate of drug-likeness (QED) is 0.179. The van der Waals surface area contributed by atoms with Gasteiger partial charge in [-0.3, -0.25) is 0 Å². The number of nitrogens with zero attached hydrogens (tertiary/aromatic N) is 1. The molecule has 0 radical (unpaired) electrons. The van der Waals surface area contributed by atoms with Crippen LogP contribution in [-0.2, 0) is 0 Å². The highest BCUT2D eigenvalue weighted by atomic mass is 14.8. The third-order valence-electron chi connectivity index (χ3n) is 10.0. The molecule has 4 heterocycles. The lowest BCUT2D eigenvalue weighted by molar-refractivity contribution is 0.854. The van der Waals surface area contributed by atoms with Gasteiger partial charge in [-0.2, -0.15) is 0 Å². The molecule has 4 nitrogen and oxygen atoms in total. The molecule has 0 aliphatic carbocycles. The van der Waals surface area contributed by atoms with E-state index in [2.05, 4.69) is 137 Å². The number of rotatable bonds is 5. The summed E-state index contributed by atoms with van der Waals surface area (Å²) < 4.78 is 0. The van der Waals surface area contributed by atoms with Gasteiger partial charge in [0.25, 0.3) is 0 Å². The maximum Gasteiger partial charge on any atom is 0.0957 e.